The molecule has 7 nitrogen and oxygen atoms in total. The smallest absolute Gasteiger partial charge is 0.271 e. The van der Waals surface area contributed by atoms with Gasteiger partial charge >= 0.3 is 0 Å². The Kier molecular flexibility index (Phi) is 7.25. The lowest BCUT2D eigenvalue weighted by atomic mass is 10.2. The molecule has 0 saturated carbocycles. The van der Waals surface area contributed by atoms with E-state index in [2.05, 4.69) is 17.1 Å². The maximum absolute atomic E-state index is 12.2. The van der Waals surface area contributed by atoms with Crippen LogP contribution < -0.4 is 24.4 Å². The number of carbonyl (C=O) groups excluding carboxylic acids is 1. The Hall–Kier alpha value is -3.48. The van der Waals surface area contributed by atoms with Crippen LogP contribution in [-0.2, 0) is 0 Å². The molecule has 0 saturated heterocycles. The molecule has 2 aromatic carbocycles. The number of nitrogens with one attached hydrogen (secondary N) is 1. The van der Waals surface area contributed by atoms with Gasteiger partial charge < -0.3 is 18.9 Å². The number of ether oxygens (including phenoxy) is 4. The summed E-state index contributed by atoms with van der Waals surface area (Å²) in [5.74, 6) is 1.75. The van der Waals surface area contributed by atoms with Crippen LogP contribution in [0.15, 0.2) is 54.2 Å². The molecule has 27 heavy (non-hydrogen) atoms. The molecule has 0 spiro atoms. The lowest BCUT2D eigenvalue weighted by molar-refractivity contribution is 0.0955. The summed E-state index contributed by atoms with van der Waals surface area (Å²) in [4.78, 5) is 12.2. The van der Waals surface area contributed by atoms with E-state index in [9.17, 15) is 4.79 Å². The highest BCUT2D eigenvalue weighted by molar-refractivity contribution is 5.95. The summed E-state index contributed by atoms with van der Waals surface area (Å²) in [6.45, 7) is 3.99. The van der Waals surface area contributed by atoms with Crippen molar-refractivity contribution in [2.75, 3.05) is 27.9 Å². The van der Waals surface area contributed by atoms with Gasteiger partial charge in [0.2, 0.25) is 5.75 Å². The topological polar surface area (TPSA) is 78.4 Å². The molecule has 0 aliphatic heterocycles. The van der Waals surface area contributed by atoms with Crippen LogP contribution in [-0.4, -0.2) is 40.1 Å². The van der Waals surface area contributed by atoms with E-state index in [1.807, 2.05) is 0 Å². The van der Waals surface area contributed by atoms with E-state index >= 15 is 0 Å². The zero-order valence-electron chi connectivity index (χ0n) is 15.5. The number of amides is 1. The summed E-state index contributed by atoms with van der Waals surface area (Å²) in [5.41, 5.74) is 3.56. The second-order valence-electron chi connectivity index (χ2n) is 5.25. The average Bonchev–Trinajstić information content (AvgIpc) is 2.71. The van der Waals surface area contributed by atoms with Gasteiger partial charge in [-0.15, -0.1) is 0 Å². The van der Waals surface area contributed by atoms with Gasteiger partial charge in [0.15, 0.2) is 11.5 Å². The van der Waals surface area contributed by atoms with Gasteiger partial charge in [0.1, 0.15) is 12.4 Å². The van der Waals surface area contributed by atoms with Gasteiger partial charge in [-0.2, -0.15) is 5.10 Å². The van der Waals surface area contributed by atoms with E-state index in [1.165, 1.54) is 20.4 Å². The van der Waals surface area contributed by atoms with E-state index < -0.39 is 0 Å². The first-order valence-electron chi connectivity index (χ1n) is 8.10. The fourth-order valence-corrected chi connectivity index (χ4v) is 2.31. The second kappa shape index (κ2) is 9.86. The molecule has 0 aromatic heterocycles. The van der Waals surface area contributed by atoms with E-state index in [1.54, 1.807) is 49.6 Å². The van der Waals surface area contributed by atoms with Crippen LogP contribution in [0.1, 0.15) is 15.9 Å². The summed E-state index contributed by atoms with van der Waals surface area (Å²) >= 11 is 0. The quantitative estimate of drug-likeness (QED) is 0.417. The molecule has 2 rings (SSSR count). The molecule has 1 amide bonds. The first-order chi connectivity index (χ1) is 13.1. The summed E-state index contributed by atoms with van der Waals surface area (Å²) in [5, 5.41) is 3.98. The summed E-state index contributed by atoms with van der Waals surface area (Å²) < 4.78 is 21.3. The molecule has 0 bridgehead atoms. The van der Waals surface area contributed by atoms with Crippen LogP contribution in [0.3, 0.4) is 0 Å². The standard InChI is InChI=1S/C20H22N2O5/c1-5-12-27-16-9-6-14(7-10-16)20(23)22-21-13-15-8-11-17(24-2)19(26-4)18(15)25-3/h5-11,13H,1,12H2,2-4H3,(H,22,23). The predicted molar refractivity (Wildman–Crippen MR) is 103 cm³/mol. The number of carbonyl (C=O) groups is 1. The third kappa shape index (κ3) is 5.01. The molecule has 0 radical (unpaired) electrons. The SMILES string of the molecule is C=CCOc1ccc(C(=O)NN=Cc2ccc(OC)c(OC)c2OC)cc1. The molecular formula is C20H22N2O5. The molecule has 0 atom stereocenters. The minimum absolute atomic E-state index is 0.346. The van der Waals surface area contributed by atoms with Crippen LogP contribution in [0, 0.1) is 0 Å². The lowest BCUT2D eigenvalue weighted by Gasteiger charge is -2.13. The van der Waals surface area contributed by atoms with E-state index in [0.717, 1.165) is 0 Å². The van der Waals surface area contributed by atoms with E-state index in [-0.39, 0.29) is 5.91 Å². The van der Waals surface area contributed by atoms with Crippen LogP contribution >= 0.6 is 0 Å². The highest BCUT2D eigenvalue weighted by Gasteiger charge is 2.14. The summed E-state index contributed by atoms with van der Waals surface area (Å²) in [6, 6.07) is 10.2. The fraction of sp³-hybridized carbons (Fsp3) is 0.200. The van der Waals surface area contributed by atoms with Gasteiger partial charge in [-0.25, -0.2) is 5.43 Å². The molecular weight excluding hydrogens is 348 g/mol. The Morgan fingerprint density at radius 3 is 2.33 bits per heavy atom. The predicted octanol–water partition coefficient (Wildman–Crippen LogP) is 3.04. The van der Waals surface area contributed by atoms with Gasteiger partial charge in [-0.3, -0.25) is 4.79 Å². The Morgan fingerprint density at radius 1 is 1.04 bits per heavy atom. The molecule has 0 heterocycles. The Balaban J connectivity index is 2.08. The normalized spacial score (nSPS) is 10.3. The van der Waals surface area contributed by atoms with Crippen molar-refractivity contribution in [3.8, 4) is 23.0 Å². The molecule has 0 fully saturated rings. The van der Waals surface area contributed by atoms with Gasteiger partial charge in [0.25, 0.3) is 5.91 Å². The van der Waals surface area contributed by atoms with Crippen molar-refractivity contribution >= 4 is 12.1 Å². The van der Waals surface area contributed by atoms with Crippen molar-refractivity contribution in [3.63, 3.8) is 0 Å². The minimum atomic E-state index is -0.346. The van der Waals surface area contributed by atoms with Gasteiger partial charge in [-0.1, -0.05) is 12.7 Å². The molecule has 2 aromatic rings. The molecule has 0 aliphatic carbocycles. The third-order valence-corrected chi connectivity index (χ3v) is 3.59. The Morgan fingerprint density at radius 2 is 1.74 bits per heavy atom. The van der Waals surface area contributed by atoms with Crippen molar-refractivity contribution in [1.29, 1.82) is 0 Å². The van der Waals surface area contributed by atoms with Crippen LogP contribution in [0.4, 0.5) is 0 Å². The molecule has 0 unspecified atom stereocenters. The van der Waals surface area contributed by atoms with Crippen LogP contribution in [0.2, 0.25) is 0 Å². The summed E-state index contributed by atoms with van der Waals surface area (Å²) in [6.07, 6.45) is 3.12. The number of methoxy groups -OCH3 is 3. The number of benzene rings is 2. The molecule has 0 aliphatic rings. The van der Waals surface area contributed by atoms with Gasteiger partial charge in [0.05, 0.1) is 27.5 Å². The monoisotopic (exact) mass is 370 g/mol. The fourth-order valence-electron chi connectivity index (χ4n) is 2.31. The third-order valence-electron chi connectivity index (χ3n) is 3.59. The number of hydrazone groups is 1. The van der Waals surface area contributed by atoms with E-state index in [4.69, 9.17) is 18.9 Å². The van der Waals surface area contributed by atoms with Crippen molar-refractivity contribution in [3.05, 3.63) is 60.2 Å². The number of nitrogens with zero attached hydrogens (tertiary/aromatic N) is 1. The minimum Gasteiger partial charge on any atom is -0.493 e. The Bertz CT molecular complexity index is 816. The van der Waals surface area contributed by atoms with Crippen molar-refractivity contribution in [2.45, 2.75) is 0 Å². The average molecular weight is 370 g/mol. The van der Waals surface area contributed by atoms with Crippen molar-refractivity contribution < 1.29 is 23.7 Å². The zero-order valence-corrected chi connectivity index (χ0v) is 15.5. The first-order valence-corrected chi connectivity index (χ1v) is 8.10. The van der Waals surface area contributed by atoms with E-state index in [0.29, 0.717) is 40.7 Å². The largest absolute Gasteiger partial charge is 0.493 e. The maximum atomic E-state index is 12.2. The van der Waals surface area contributed by atoms with Crippen molar-refractivity contribution in [2.24, 2.45) is 5.10 Å². The van der Waals surface area contributed by atoms with Gasteiger partial charge in [-0.05, 0) is 36.4 Å². The second-order valence-corrected chi connectivity index (χ2v) is 5.25. The van der Waals surface area contributed by atoms with Crippen LogP contribution in [0.5, 0.6) is 23.0 Å². The highest BCUT2D eigenvalue weighted by atomic mass is 16.5. The first kappa shape index (κ1) is 19.8. The highest BCUT2D eigenvalue weighted by Crippen LogP contribution is 2.38. The number of hydrogen-bond acceptors (Lipinski definition) is 6. The van der Waals surface area contributed by atoms with Crippen molar-refractivity contribution in [1.82, 2.24) is 5.43 Å². The molecule has 142 valence electrons. The molecule has 7 heteroatoms. The lowest BCUT2D eigenvalue weighted by Crippen LogP contribution is -2.17. The maximum Gasteiger partial charge on any atom is 0.271 e. The Labute approximate surface area is 158 Å². The number of rotatable bonds is 9. The zero-order chi connectivity index (χ0) is 19.6. The number of hydrogen-bond donors (Lipinski definition) is 1. The van der Waals surface area contributed by atoms with Crippen LogP contribution in [0.25, 0.3) is 0 Å². The molecule has 1 N–H and O–H groups in total. The summed E-state index contributed by atoms with van der Waals surface area (Å²) in [7, 11) is 4.58. The van der Waals surface area contributed by atoms with Gasteiger partial charge in [0, 0.05) is 11.1 Å².